The quantitative estimate of drug-likeness (QED) is 0.754. The van der Waals surface area contributed by atoms with E-state index >= 15 is 0 Å². The molecule has 0 aliphatic carbocycles. The van der Waals surface area contributed by atoms with Crippen LogP contribution in [-0.2, 0) is 0 Å². The number of hydrogen-bond acceptors (Lipinski definition) is 2. The first-order chi connectivity index (χ1) is 12.1. The first kappa shape index (κ1) is 19.5. The second-order valence-corrected chi connectivity index (χ2v) is 6.10. The Morgan fingerprint density at radius 3 is 2.50 bits per heavy atom. The van der Waals surface area contributed by atoms with Crippen molar-refractivity contribution in [2.45, 2.75) is 19.0 Å². The van der Waals surface area contributed by atoms with Crippen LogP contribution in [0.25, 0.3) is 6.08 Å². The van der Waals surface area contributed by atoms with Crippen molar-refractivity contribution in [1.82, 2.24) is 0 Å². The molecule has 1 N–H and O–H groups in total. The Bertz CT molecular complexity index is 894. The fraction of sp³-hybridized carbons (Fsp3) is 0.158. The van der Waals surface area contributed by atoms with Gasteiger partial charge in [0.15, 0.2) is 0 Å². The maximum Gasteiger partial charge on any atom is 0.399 e. The highest BCUT2D eigenvalue weighted by molar-refractivity contribution is 6.30. The van der Waals surface area contributed by atoms with Gasteiger partial charge in [0.05, 0.1) is 17.0 Å². The second kappa shape index (κ2) is 7.63. The lowest BCUT2D eigenvalue weighted by molar-refractivity contribution is -0.139. The van der Waals surface area contributed by atoms with E-state index in [1.54, 1.807) is 19.1 Å². The van der Waals surface area contributed by atoms with E-state index in [4.69, 9.17) is 22.0 Å². The maximum atomic E-state index is 13.5. The SMILES string of the molecule is Cc1cc(Cl)cc(C(/C=C/c2ccc(C(=O)O)c(C#N)c2)C(F)(F)F)c1. The van der Waals surface area contributed by atoms with Crippen molar-refractivity contribution in [3.05, 3.63) is 75.3 Å². The smallest absolute Gasteiger partial charge is 0.399 e. The number of allylic oxidation sites excluding steroid dienone is 1. The van der Waals surface area contributed by atoms with Crippen LogP contribution in [0.15, 0.2) is 42.5 Å². The lowest BCUT2D eigenvalue weighted by Crippen LogP contribution is -2.19. The van der Waals surface area contributed by atoms with Crippen LogP contribution in [-0.4, -0.2) is 17.3 Å². The summed E-state index contributed by atoms with van der Waals surface area (Å²) in [5.41, 5.74) is 0.568. The van der Waals surface area contributed by atoms with Gasteiger partial charge in [-0.05, 0) is 47.9 Å². The van der Waals surface area contributed by atoms with Gasteiger partial charge in [-0.15, -0.1) is 0 Å². The molecule has 0 saturated carbocycles. The van der Waals surface area contributed by atoms with Gasteiger partial charge < -0.3 is 5.11 Å². The summed E-state index contributed by atoms with van der Waals surface area (Å²) >= 11 is 5.86. The van der Waals surface area contributed by atoms with Crippen molar-refractivity contribution in [2.24, 2.45) is 0 Å². The summed E-state index contributed by atoms with van der Waals surface area (Å²) in [6, 6.07) is 9.71. The molecular weight excluding hydrogens is 367 g/mol. The summed E-state index contributed by atoms with van der Waals surface area (Å²) in [6.07, 6.45) is -2.37. The summed E-state index contributed by atoms with van der Waals surface area (Å²) in [7, 11) is 0. The molecule has 26 heavy (non-hydrogen) atoms. The zero-order chi connectivity index (χ0) is 19.5. The molecule has 0 radical (unpaired) electrons. The van der Waals surface area contributed by atoms with Crippen molar-refractivity contribution in [3.63, 3.8) is 0 Å². The maximum absolute atomic E-state index is 13.5. The molecule has 0 heterocycles. The van der Waals surface area contributed by atoms with E-state index in [-0.39, 0.29) is 21.7 Å². The van der Waals surface area contributed by atoms with E-state index in [1.807, 2.05) is 0 Å². The average molecular weight is 380 g/mol. The summed E-state index contributed by atoms with van der Waals surface area (Å²) < 4.78 is 40.4. The number of aryl methyl sites for hydroxylation is 1. The Hall–Kier alpha value is -2.78. The number of rotatable bonds is 4. The Labute approximate surface area is 153 Å². The van der Waals surface area contributed by atoms with Crippen LogP contribution >= 0.6 is 11.6 Å². The van der Waals surface area contributed by atoms with Crippen LogP contribution in [0.5, 0.6) is 0 Å². The topological polar surface area (TPSA) is 61.1 Å². The summed E-state index contributed by atoms with van der Waals surface area (Å²) in [4.78, 5) is 11.0. The molecule has 0 fully saturated rings. The number of carboxylic acids is 1. The van der Waals surface area contributed by atoms with Crippen molar-refractivity contribution >= 4 is 23.6 Å². The highest BCUT2D eigenvalue weighted by Gasteiger charge is 2.39. The van der Waals surface area contributed by atoms with Crippen LogP contribution in [0.3, 0.4) is 0 Å². The lowest BCUT2D eigenvalue weighted by atomic mass is 9.95. The van der Waals surface area contributed by atoms with Gasteiger partial charge in [-0.25, -0.2) is 4.79 Å². The molecule has 0 aliphatic heterocycles. The van der Waals surface area contributed by atoms with Crippen molar-refractivity contribution < 1.29 is 23.1 Å². The van der Waals surface area contributed by atoms with E-state index < -0.39 is 18.1 Å². The Balaban J connectivity index is 2.44. The minimum atomic E-state index is -4.54. The number of carboxylic acid groups (broad SMARTS) is 1. The van der Waals surface area contributed by atoms with Crippen LogP contribution < -0.4 is 0 Å². The molecule has 2 rings (SSSR count). The molecule has 0 saturated heterocycles. The fourth-order valence-electron chi connectivity index (χ4n) is 2.51. The van der Waals surface area contributed by atoms with E-state index in [1.165, 1.54) is 36.4 Å². The molecule has 2 aromatic rings. The van der Waals surface area contributed by atoms with Crippen LogP contribution in [0.2, 0.25) is 5.02 Å². The number of nitriles is 1. The summed E-state index contributed by atoms with van der Waals surface area (Å²) in [5, 5.41) is 18.2. The standard InChI is InChI=1S/C19H13ClF3NO2/c1-11-6-13(9-15(20)7-11)17(19(21,22)23)5-3-12-2-4-16(18(25)26)14(8-12)10-24/h2-9,17H,1H3,(H,25,26)/b5-3+. The Morgan fingerprint density at radius 1 is 1.27 bits per heavy atom. The molecule has 2 aromatic carbocycles. The van der Waals surface area contributed by atoms with Gasteiger partial charge in [0.1, 0.15) is 6.07 Å². The molecule has 0 bridgehead atoms. The van der Waals surface area contributed by atoms with Gasteiger partial charge in [-0.3, -0.25) is 0 Å². The number of hydrogen-bond donors (Lipinski definition) is 1. The van der Waals surface area contributed by atoms with Gasteiger partial charge in [0, 0.05) is 5.02 Å². The van der Waals surface area contributed by atoms with Crippen molar-refractivity contribution in [3.8, 4) is 6.07 Å². The van der Waals surface area contributed by atoms with Crippen molar-refractivity contribution in [2.75, 3.05) is 0 Å². The highest BCUT2D eigenvalue weighted by atomic mass is 35.5. The van der Waals surface area contributed by atoms with Gasteiger partial charge in [-0.1, -0.05) is 35.9 Å². The molecule has 3 nitrogen and oxygen atoms in total. The monoisotopic (exact) mass is 379 g/mol. The lowest BCUT2D eigenvalue weighted by Gasteiger charge is -2.18. The molecule has 1 atom stereocenters. The molecular formula is C19H13ClF3NO2. The van der Waals surface area contributed by atoms with E-state index in [9.17, 15) is 18.0 Å². The van der Waals surface area contributed by atoms with Gasteiger partial charge >= 0.3 is 12.1 Å². The molecule has 0 aromatic heterocycles. The third kappa shape index (κ3) is 4.64. The number of halogens is 4. The normalized spacial score (nSPS) is 12.8. The van der Waals surface area contributed by atoms with E-state index in [0.29, 0.717) is 11.1 Å². The molecule has 0 aliphatic rings. The number of carbonyl (C=O) groups is 1. The average Bonchev–Trinajstić information content (AvgIpc) is 2.52. The third-order valence-corrected chi connectivity index (χ3v) is 3.87. The van der Waals surface area contributed by atoms with E-state index in [2.05, 4.69) is 0 Å². The highest BCUT2D eigenvalue weighted by Crippen LogP contribution is 2.37. The number of aromatic carboxylic acids is 1. The Morgan fingerprint density at radius 2 is 1.96 bits per heavy atom. The summed E-state index contributed by atoms with van der Waals surface area (Å²) in [5.74, 6) is -3.16. The minimum absolute atomic E-state index is 0.00131. The summed E-state index contributed by atoms with van der Waals surface area (Å²) in [6.45, 7) is 1.65. The largest absolute Gasteiger partial charge is 0.478 e. The zero-order valence-electron chi connectivity index (χ0n) is 13.5. The molecule has 0 amide bonds. The number of benzene rings is 2. The Kier molecular flexibility index (Phi) is 5.73. The van der Waals surface area contributed by atoms with Crippen LogP contribution in [0.1, 0.15) is 38.5 Å². The molecule has 134 valence electrons. The van der Waals surface area contributed by atoms with Crippen molar-refractivity contribution in [1.29, 1.82) is 5.26 Å². The van der Waals surface area contributed by atoms with Gasteiger partial charge in [0.2, 0.25) is 0 Å². The van der Waals surface area contributed by atoms with E-state index in [0.717, 1.165) is 6.08 Å². The van der Waals surface area contributed by atoms with Crippen LogP contribution in [0, 0.1) is 18.3 Å². The number of alkyl halides is 3. The molecule has 0 spiro atoms. The third-order valence-electron chi connectivity index (χ3n) is 3.65. The van der Waals surface area contributed by atoms with Crippen LogP contribution in [0.4, 0.5) is 13.2 Å². The minimum Gasteiger partial charge on any atom is -0.478 e. The second-order valence-electron chi connectivity index (χ2n) is 5.66. The predicted molar refractivity (Wildman–Crippen MR) is 92.1 cm³/mol. The first-order valence-electron chi connectivity index (χ1n) is 7.41. The molecule has 7 heteroatoms. The molecule has 1 unspecified atom stereocenters. The predicted octanol–water partition coefficient (Wildman–Crippen LogP) is 5.58. The fourth-order valence-corrected chi connectivity index (χ4v) is 2.80. The zero-order valence-corrected chi connectivity index (χ0v) is 14.3. The van der Waals surface area contributed by atoms with Gasteiger partial charge in [-0.2, -0.15) is 18.4 Å². The first-order valence-corrected chi connectivity index (χ1v) is 7.79. The van der Waals surface area contributed by atoms with Gasteiger partial charge in [0.25, 0.3) is 0 Å². The number of nitrogens with zero attached hydrogens (tertiary/aromatic N) is 1.